The highest BCUT2D eigenvalue weighted by Crippen LogP contribution is 2.51. The average molecular weight is 733 g/mol. The first-order valence-corrected chi connectivity index (χ1v) is 18.1. The first kappa shape index (κ1) is 34.2. The molecule has 10 heteroatoms. The van der Waals surface area contributed by atoms with Gasteiger partial charge in [-0.25, -0.2) is 9.59 Å². The summed E-state index contributed by atoms with van der Waals surface area (Å²) in [6, 6.07) is 8.47. The highest BCUT2D eigenvalue weighted by Gasteiger charge is 2.61. The van der Waals surface area contributed by atoms with Gasteiger partial charge in [0.05, 0.1) is 17.8 Å². The van der Waals surface area contributed by atoms with Crippen molar-refractivity contribution in [1.29, 1.82) is 0 Å². The monoisotopic (exact) mass is 731 g/mol. The number of esters is 2. The van der Waals surface area contributed by atoms with Crippen LogP contribution in [0.5, 0.6) is 0 Å². The summed E-state index contributed by atoms with van der Waals surface area (Å²) in [4.78, 5) is 30.7. The van der Waals surface area contributed by atoms with Gasteiger partial charge in [-0.3, -0.25) is 9.88 Å². The minimum Gasteiger partial charge on any atom is -0.462 e. The molecule has 8 rings (SSSR count). The summed E-state index contributed by atoms with van der Waals surface area (Å²) < 4.78 is 26.3. The predicted molar refractivity (Wildman–Crippen MR) is 190 cm³/mol. The van der Waals surface area contributed by atoms with Crippen LogP contribution in [0.1, 0.15) is 67.4 Å². The molecule has 1 aromatic carbocycles. The van der Waals surface area contributed by atoms with Gasteiger partial charge in [-0.1, -0.05) is 30.4 Å². The molecule has 5 heterocycles. The van der Waals surface area contributed by atoms with E-state index in [1.807, 2.05) is 7.11 Å². The molecular formula is C39H46BrN3O6. The fourth-order valence-electron chi connectivity index (χ4n) is 8.83. The molecule has 9 nitrogen and oxygen atoms in total. The SMILES string of the molecule is C=C1C(=O)OC2C1CCC(C)=CCCC1(C)OC21.COC12CC(COC(=O)c3cncc(Br)c3)CN(C)C1Cc1cn(C)c3cccc2c13. The van der Waals surface area contributed by atoms with Crippen molar-refractivity contribution in [3.05, 3.63) is 87.8 Å². The van der Waals surface area contributed by atoms with E-state index in [1.54, 1.807) is 12.3 Å². The third-order valence-electron chi connectivity index (χ3n) is 11.5. The Balaban J connectivity index is 0.000000178. The predicted octanol–water partition coefficient (Wildman–Crippen LogP) is 6.67. The molecule has 0 spiro atoms. The number of fused-ring (bicyclic) bond motifs is 5. The average Bonchev–Trinajstić information content (AvgIpc) is 3.52. The number of nitrogens with zero attached hydrogens (tertiary/aromatic N) is 3. The Morgan fingerprint density at radius 3 is 2.84 bits per heavy atom. The zero-order chi connectivity index (χ0) is 34.7. The molecule has 0 radical (unpaired) electrons. The summed E-state index contributed by atoms with van der Waals surface area (Å²) in [6.45, 7) is 9.39. The number of likely N-dealkylation sites (tertiary alicyclic amines) is 1. The van der Waals surface area contributed by atoms with Crippen LogP contribution >= 0.6 is 15.9 Å². The zero-order valence-electron chi connectivity index (χ0n) is 29.0. The quantitative estimate of drug-likeness (QED) is 0.127. The van der Waals surface area contributed by atoms with Crippen molar-refractivity contribution in [1.82, 2.24) is 14.5 Å². The van der Waals surface area contributed by atoms with Gasteiger partial charge >= 0.3 is 11.9 Å². The first-order valence-electron chi connectivity index (χ1n) is 17.3. The van der Waals surface area contributed by atoms with Crippen LogP contribution < -0.4 is 0 Å². The van der Waals surface area contributed by atoms with Gasteiger partial charge in [0.25, 0.3) is 0 Å². The molecule has 0 amide bonds. The van der Waals surface area contributed by atoms with Crippen molar-refractivity contribution in [2.45, 2.75) is 81.8 Å². The van der Waals surface area contributed by atoms with E-state index in [0.29, 0.717) is 17.7 Å². The fraction of sp³-hybridized carbons (Fsp3) is 0.513. The molecule has 3 aliphatic heterocycles. The van der Waals surface area contributed by atoms with Crippen molar-refractivity contribution in [3.8, 4) is 0 Å². The molecule has 260 valence electrons. The highest BCUT2D eigenvalue weighted by molar-refractivity contribution is 9.10. The first-order chi connectivity index (χ1) is 23.4. The van der Waals surface area contributed by atoms with Crippen LogP contribution in [-0.4, -0.2) is 77.5 Å². The van der Waals surface area contributed by atoms with Gasteiger partial charge in [0, 0.05) is 78.1 Å². The number of rotatable bonds is 4. The number of hydrogen-bond donors (Lipinski definition) is 0. The molecule has 7 unspecified atom stereocenters. The second kappa shape index (κ2) is 13.1. The van der Waals surface area contributed by atoms with Crippen LogP contribution in [0.15, 0.2) is 71.1 Å². The molecular weight excluding hydrogens is 686 g/mol. The van der Waals surface area contributed by atoms with Gasteiger partial charge in [-0.15, -0.1) is 0 Å². The van der Waals surface area contributed by atoms with Crippen LogP contribution in [0.4, 0.5) is 0 Å². The third-order valence-corrected chi connectivity index (χ3v) is 11.9. The lowest BCUT2D eigenvalue weighted by Gasteiger charge is -2.53. The lowest BCUT2D eigenvalue weighted by molar-refractivity contribution is -0.140. The van der Waals surface area contributed by atoms with Crippen LogP contribution in [0.3, 0.4) is 0 Å². The lowest BCUT2D eigenvalue weighted by atomic mass is 9.69. The van der Waals surface area contributed by atoms with Crippen molar-refractivity contribution in [2.24, 2.45) is 18.9 Å². The van der Waals surface area contributed by atoms with E-state index in [2.05, 4.69) is 95.4 Å². The van der Waals surface area contributed by atoms with Crippen molar-refractivity contribution in [2.75, 3.05) is 27.3 Å². The van der Waals surface area contributed by atoms with Gasteiger partial charge in [0.15, 0.2) is 0 Å². The van der Waals surface area contributed by atoms with E-state index in [4.69, 9.17) is 18.9 Å². The van der Waals surface area contributed by atoms with Crippen molar-refractivity contribution in [3.63, 3.8) is 0 Å². The number of ether oxygens (including phenoxy) is 4. The number of allylic oxidation sites excluding steroid dienone is 2. The van der Waals surface area contributed by atoms with Gasteiger partial charge < -0.3 is 23.5 Å². The smallest absolute Gasteiger partial charge is 0.339 e. The van der Waals surface area contributed by atoms with Crippen molar-refractivity contribution < 1.29 is 28.5 Å². The number of piperidine rings is 1. The van der Waals surface area contributed by atoms with E-state index < -0.39 is 5.60 Å². The Morgan fingerprint density at radius 1 is 1.24 bits per heavy atom. The van der Waals surface area contributed by atoms with Crippen LogP contribution in [0.2, 0.25) is 0 Å². The summed E-state index contributed by atoms with van der Waals surface area (Å²) >= 11 is 3.35. The number of methoxy groups -OCH3 is 1. The molecule has 7 atom stereocenters. The molecule has 5 aliphatic rings. The number of pyridine rings is 1. The Morgan fingerprint density at radius 2 is 2.06 bits per heavy atom. The summed E-state index contributed by atoms with van der Waals surface area (Å²) in [6.07, 6.45) is 13.5. The second-order valence-corrected chi connectivity index (χ2v) is 15.7. The minimum absolute atomic E-state index is 0.0671. The van der Waals surface area contributed by atoms with Crippen LogP contribution in [-0.2, 0) is 42.8 Å². The Kier molecular flexibility index (Phi) is 9.13. The lowest BCUT2D eigenvalue weighted by Crippen LogP contribution is -2.59. The van der Waals surface area contributed by atoms with E-state index in [-0.39, 0.29) is 47.6 Å². The number of hydrogen-bond acceptors (Lipinski definition) is 8. The number of benzene rings is 1. The molecule has 0 N–H and O–H groups in total. The van der Waals surface area contributed by atoms with Crippen molar-refractivity contribution >= 4 is 38.8 Å². The molecule has 3 saturated heterocycles. The molecule has 0 bridgehead atoms. The van der Waals surface area contributed by atoms with Crippen LogP contribution in [0.25, 0.3) is 10.9 Å². The standard InChI is InChI=1S/C24H26BrN3O3.C15H20O3/c1-27-13-17-8-21-24(30-3,19-5-4-6-20(27)22(17)19)9-15(12-28(21)2)14-31-23(29)16-7-18(25)11-26-10-16;1-9-5-4-8-15(3)13(18-15)12-11(7-6-9)10(2)14(16)17-12/h4-7,10-11,13,15,21H,8-9,12,14H2,1-3H3;5,11-13H,2,4,6-8H2,1,3H3. The maximum absolute atomic E-state index is 12.5. The summed E-state index contributed by atoms with van der Waals surface area (Å²) in [5.41, 5.74) is 5.81. The molecule has 3 aromatic rings. The van der Waals surface area contributed by atoms with Gasteiger partial charge in [0.1, 0.15) is 17.8 Å². The Hall–Kier alpha value is -3.31. The number of epoxide rings is 1. The number of aryl methyl sites for hydroxylation is 1. The van der Waals surface area contributed by atoms with E-state index in [0.717, 1.165) is 49.5 Å². The number of carbonyl (C=O) groups is 2. The van der Waals surface area contributed by atoms with E-state index in [1.165, 1.54) is 33.8 Å². The number of aromatic nitrogens is 2. The second-order valence-electron chi connectivity index (χ2n) is 14.8. The van der Waals surface area contributed by atoms with E-state index in [9.17, 15) is 9.59 Å². The molecule has 3 fully saturated rings. The number of carbonyl (C=O) groups excluding carboxylic acids is 2. The molecule has 49 heavy (non-hydrogen) atoms. The largest absolute Gasteiger partial charge is 0.462 e. The van der Waals surface area contributed by atoms with Gasteiger partial charge in [0.2, 0.25) is 0 Å². The number of likely N-dealkylation sites (N-methyl/N-ethyl adjacent to an activating group) is 1. The zero-order valence-corrected chi connectivity index (χ0v) is 30.6. The Bertz CT molecular complexity index is 1840. The molecule has 2 aromatic heterocycles. The summed E-state index contributed by atoms with van der Waals surface area (Å²) in [5, 5.41) is 1.31. The Labute approximate surface area is 296 Å². The normalized spacial score (nSPS) is 32.1. The summed E-state index contributed by atoms with van der Waals surface area (Å²) in [7, 11) is 6.07. The number of halogens is 1. The van der Waals surface area contributed by atoms with E-state index >= 15 is 0 Å². The maximum atomic E-state index is 12.5. The van der Waals surface area contributed by atoms with Crippen LogP contribution in [0, 0.1) is 11.8 Å². The minimum atomic E-state index is -0.421. The van der Waals surface area contributed by atoms with Gasteiger partial charge in [-0.05, 0) is 98.6 Å². The summed E-state index contributed by atoms with van der Waals surface area (Å²) in [5.74, 6) is -0.276. The molecule has 0 saturated carbocycles. The van der Waals surface area contributed by atoms with Gasteiger partial charge in [-0.2, -0.15) is 0 Å². The third kappa shape index (κ3) is 6.19. The molecule has 2 aliphatic carbocycles. The highest BCUT2D eigenvalue weighted by atomic mass is 79.9. The topological polar surface area (TPSA) is 95.4 Å². The fourth-order valence-corrected chi connectivity index (χ4v) is 9.20. The maximum Gasteiger partial charge on any atom is 0.339 e.